The number of nitrogens with zero attached hydrogens (tertiary/aromatic N) is 3. The van der Waals surface area contributed by atoms with E-state index in [4.69, 9.17) is 18.0 Å². The molecule has 0 aliphatic heterocycles. The molecule has 100 valence electrons. The van der Waals surface area contributed by atoms with Gasteiger partial charge >= 0.3 is 0 Å². The monoisotopic (exact) mass is 274 g/mol. The summed E-state index contributed by atoms with van der Waals surface area (Å²) in [5.74, 6) is 0. The Hall–Kier alpha value is -1.88. The number of rotatable bonds is 4. The molecule has 0 amide bonds. The standard InChI is InChI=1S/C14H18N4S/c1-10-8-13(18(3)16-10)9-17(2)12-6-4-11(5-7-12)14(15)19/h4-8H,9H2,1-3H3,(H2,15,19). The van der Waals surface area contributed by atoms with Crippen molar-refractivity contribution in [3.8, 4) is 0 Å². The van der Waals surface area contributed by atoms with Crippen LogP contribution in [0.4, 0.5) is 5.69 Å². The van der Waals surface area contributed by atoms with E-state index in [0.29, 0.717) is 4.99 Å². The molecule has 0 fully saturated rings. The van der Waals surface area contributed by atoms with E-state index in [1.807, 2.05) is 42.9 Å². The molecule has 0 aliphatic carbocycles. The highest BCUT2D eigenvalue weighted by atomic mass is 32.1. The molecule has 1 heterocycles. The van der Waals surface area contributed by atoms with Crippen LogP contribution in [0, 0.1) is 6.92 Å². The fraction of sp³-hybridized carbons (Fsp3) is 0.286. The van der Waals surface area contributed by atoms with Crippen LogP contribution >= 0.6 is 12.2 Å². The van der Waals surface area contributed by atoms with Crippen molar-refractivity contribution >= 4 is 22.9 Å². The summed E-state index contributed by atoms with van der Waals surface area (Å²) in [4.78, 5) is 2.59. The van der Waals surface area contributed by atoms with E-state index in [1.54, 1.807) is 0 Å². The molecule has 1 aromatic heterocycles. The molecular weight excluding hydrogens is 256 g/mol. The van der Waals surface area contributed by atoms with Gasteiger partial charge in [-0.1, -0.05) is 12.2 Å². The van der Waals surface area contributed by atoms with Gasteiger partial charge in [0.05, 0.1) is 17.9 Å². The van der Waals surface area contributed by atoms with Gasteiger partial charge in [-0.25, -0.2) is 0 Å². The summed E-state index contributed by atoms with van der Waals surface area (Å²) in [5.41, 5.74) is 9.82. The van der Waals surface area contributed by atoms with E-state index in [9.17, 15) is 0 Å². The van der Waals surface area contributed by atoms with Gasteiger partial charge in [0, 0.05) is 25.3 Å². The van der Waals surface area contributed by atoms with E-state index in [2.05, 4.69) is 23.1 Å². The number of aromatic nitrogens is 2. The van der Waals surface area contributed by atoms with E-state index >= 15 is 0 Å². The molecule has 5 heteroatoms. The fourth-order valence-electron chi connectivity index (χ4n) is 2.03. The summed E-state index contributed by atoms with van der Waals surface area (Å²) < 4.78 is 1.91. The normalized spacial score (nSPS) is 10.5. The van der Waals surface area contributed by atoms with E-state index in [1.165, 1.54) is 5.69 Å². The minimum atomic E-state index is 0.427. The molecule has 0 spiro atoms. The first kappa shape index (κ1) is 13.5. The lowest BCUT2D eigenvalue weighted by Gasteiger charge is -2.19. The molecule has 0 saturated carbocycles. The number of benzene rings is 1. The molecule has 19 heavy (non-hydrogen) atoms. The zero-order valence-corrected chi connectivity index (χ0v) is 12.2. The van der Waals surface area contributed by atoms with Gasteiger partial charge in [0.25, 0.3) is 0 Å². The van der Waals surface area contributed by atoms with Crippen LogP contribution in [-0.2, 0) is 13.6 Å². The predicted molar refractivity (Wildman–Crippen MR) is 82.4 cm³/mol. The Balaban J connectivity index is 2.13. The van der Waals surface area contributed by atoms with Crippen LogP contribution in [0.2, 0.25) is 0 Å². The first-order chi connectivity index (χ1) is 8.97. The summed E-state index contributed by atoms with van der Waals surface area (Å²) in [6.45, 7) is 2.81. The third-order valence-electron chi connectivity index (χ3n) is 3.09. The predicted octanol–water partition coefficient (Wildman–Crippen LogP) is 2.00. The van der Waals surface area contributed by atoms with E-state index < -0.39 is 0 Å². The Bertz CT molecular complexity index is 586. The van der Waals surface area contributed by atoms with Crippen molar-refractivity contribution in [3.05, 3.63) is 47.3 Å². The quantitative estimate of drug-likeness (QED) is 0.866. The summed E-state index contributed by atoms with van der Waals surface area (Å²) in [5, 5.41) is 4.35. The highest BCUT2D eigenvalue weighted by Gasteiger charge is 2.07. The van der Waals surface area contributed by atoms with Crippen molar-refractivity contribution in [2.75, 3.05) is 11.9 Å². The van der Waals surface area contributed by atoms with Crippen molar-refractivity contribution in [1.82, 2.24) is 9.78 Å². The average molecular weight is 274 g/mol. The van der Waals surface area contributed by atoms with E-state index in [-0.39, 0.29) is 0 Å². The van der Waals surface area contributed by atoms with Crippen molar-refractivity contribution in [2.24, 2.45) is 12.8 Å². The minimum absolute atomic E-state index is 0.427. The molecule has 2 N–H and O–H groups in total. The largest absolute Gasteiger partial charge is 0.389 e. The van der Waals surface area contributed by atoms with Gasteiger partial charge in [0.2, 0.25) is 0 Å². The zero-order valence-electron chi connectivity index (χ0n) is 11.4. The van der Waals surface area contributed by atoms with Gasteiger partial charge in [-0.3, -0.25) is 4.68 Å². The van der Waals surface area contributed by atoms with Gasteiger partial charge in [0.1, 0.15) is 4.99 Å². The van der Waals surface area contributed by atoms with Gasteiger partial charge < -0.3 is 10.6 Å². The minimum Gasteiger partial charge on any atom is -0.389 e. The Kier molecular flexibility index (Phi) is 3.85. The Labute approximate surface area is 118 Å². The fourth-order valence-corrected chi connectivity index (χ4v) is 2.16. The SMILES string of the molecule is Cc1cc(CN(C)c2ccc(C(N)=S)cc2)n(C)n1. The van der Waals surface area contributed by atoms with E-state index in [0.717, 1.165) is 23.5 Å². The molecule has 4 nitrogen and oxygen atoms in total. The summed E-state index contributed by atoms with van der Waals surface area (Å²) in [6.07, 6.45) is 0. The first-order valence-electron chi connectivity index (χ1n) is 6.08. The lowest BCUT2D eigenvalue weighted by molar-refractivity contribution is 0.694. The van der Waals surface area contributed by atoms with Gasteiger partial charge in [-0.2, -0.15) is 5.10 Å². The second-order valence-electron chi connectivity index (χ2n) is 4.67. The summed E-state index contributed by atoms with van der Waals surface area (Å²) >= 11 is 4.95. The van der Waals surface area contributed by atoms with Crippen molar-refractivity contribution in [3.63, 3.8) is 0 Å². The lowest BCUT2D eigenvalue weighted by Crippen LogP contribution is -2.18. The number of thiocarbonyl (C=S) groups is 1. The topological polar surface area (TPSA) is 47.1 Å². The summed E-state index contributed by atoms with van der Waals surface area (Å²) in [7, 11) is 4.02. The van der Waals surface area contributed by atoms with Crippen LogP contribution in [0.3, 0.4) is 0 Å². The maximum absolute atomic E-state index is 5.59. The first-order valence-corrected chi connectivity index (χ1v) is 6.48. The Morgan fingerprint density at radius 3 is 2.47 bits per heavy atom. The number of nitrogens with two attached hydrogens (primary N) is 1. The van der Waals surface area contributed by atoms with Crippen LogP contribution < -0.4 is 10.6 Å². The molecule has 0 aliphatic rings. The van der Waals surface area contributed by atoms with Crippen LogP contribution in [0.5, 0.6) is 0 Å². The number of hydrogen-bond acceptors (Lipinski definition) is 3. The second kappa shape index (κ2) is 5.40. The smallest absolute Gasteiger partial charge is 0.103 e. The molecule has 0 saturated heterocycles. The van der Waals surface area contributed by atoms with Crippen molar-refractivity contribution in [1.29, 1.82) is 0 Å². The van der Waals surface area contributed by atoms with Crippen LogP contribution in [0.15, 0.2) is 30.3 Å². The summed E-state index contributed by atoms with van der Waals surface area (Å²) in [6, 6.07) is 10.0. The molecule has 2 rings (SSSR count). The number of anilines is 1. The number of aryl methyl sites for hydroxylation is 2. The third-order valence-corrected chi connectivity index (χ3v) is 3.33. The average Bonchev–Trinajstić information content (AvgIpc) is 2.68. The lowest BCUT2D eigenvalue weighted by atomic mass is 10.2. The Morgan fingerprint density at radius 1 is 1.37 bits per heavy atom. The van der Waals surface area contributed by atoms with Gasteiger partial charge in [-0.15, -0.1) is 0 Å². The van der Waals surface area contributed by atoms with Crippen molar-refractivity contribution < 1.29 is 0 Å². The van der Waals surface area contributed by atoms with Crippen LogP contribution in [0.1, 0.15) is 17.0 Å². The van der Waals surface area contributed by atoms with Crippen LogP contribution in [-0.4, -0.2) is 21.8 Å². The molecule has 1 aromatic carbocycles. The maximum atomic E-state index is 5.59. The highest BCUT2D eigenvalue weighted by molar-refractivity contribution is 7.80. The second-order valence-corrected chi connectivity index (χ2v) is 5.11. The zero-order chi connectivity index (χ0) is 14.0. The Morgan fingerprint density at radius 2 is 2.00 bits per heavy atom. The van der Waals surface area contributed by atoms with Crippen LogP contribution in [0.25, 0.3) is 0 Å². The highest BCUT2D eigenvalue weighted by Crippen LogP contribution is 2.16. The van der Waals surface area contributed by atoms with Crippen molar-refractivity contribution in [2.45, 2.75) is 13.5 Å². The maximum Gasteiger partial charge on any atom is 0.103 e. The molecule has 0 unspecified atom stereocenters. The van der Waals surface area contributed by atoms with Gasteiger partial charge in [0.15, 0.2) is 0 Å². The molecular formula is C14H18N4S. The van der Waals surface area contributed by atoms with Gasteiger partial charge in [-0.05, 0) is 37.3 Å². The third kappa shape index (κ3) is 3.12. The molecule has 2 aromatic rings. The molecule has 0 bridgehead atoms. The number of hydrogen-bond donors (Lipinski definition) is 1. The molecule has 0 radical (unpaired) electrons. The molecule has 0 atom stereocenters.